The Balaban J connectivity index is 1.05. The van der Waals surface area contributed by atoms with Gasteiger partial charge in [-0.15, -0.1) is 0 Å². The van der Waals surface area contributed by atoms with Gasteiger partial charge in [-0.25, -0.2) is 0 Å². The lowest BCUT2D eigenvalue weighted by Crippen LogP contribution is -2.34. The van der Waals surface area contributed by atoms with Gasteiger partial charge in [-0.3, -0.25) is 0 Å². The Morgan fingerprint density at radius 2 is 1.00 bits per heavy atom. The normalized spacial score (nSPS) is 18.0. The molecule has 0 aromatic heterocycles. The summed E-state index contributed by atoms with van der Waals surface area (Å²) in [5.74, 6) is 0.406. The molecule has 0 radical (unpaired) electrons. The molecule has 0 saturated carbocycles. The van der Waals surface area contributed by atoms with Crippen LogP contribution in [0.5, 0.6) is 0 Å². The predicted molar refractivity (Wildman–Crippen MR) is 244 cm³/mol. The van der Waals surface area contributed by atoms with E-state index in [1.165, 1.54) is 82.2 Å². The predicted octanol–water partition coefficient (Wildman–Crippen LogP) is 15.4. The molecule has 11 rings (SSSR count). The maximum Gasteiger partial charge on any atom is 0.0464 e. The maximum atomic E-state index is 2.47. The molecule has 57 heavy (non-hydrogen) atoms. The highest BCUT2D eigenvalue weighted by atomic mass is 15.1. The zero-order valence-corrected chi connectivity index (χ0v) is 32.6. The van der Waals surface area contributed by atoms with Gasteiger partial charge in [-0.1, -0.05) is 172 Å². The molecule has 0 bridgehead atoms. The van der Waals surface area contributed by atoms with Crippen molar-refractivity contribution in [1.29, 1.82) is 0 Å². The fourth-order valence-corrected chi connectivity index (χ4v) is 10.3. The summed E-state index contributed by atoms with van der Waals surface area (Å²) in [4.78, 5) is 2.44. The lowest BCUT2D eigenvalue weighted by Gasteiger charge is -2.36. The molecule has 0 fully saturated rings. The van der Waals surface area contributed by atoms with Crippen LogP contribution in [0.4, 0.5) is 17.1 Å². The highest BCUT2D eigenvalue weighted by molar-refractivity contribution is 6.21. The van der Waals surface area contributed by atoms with Crippen LogP contribution in [0.3, 0.4) is 0 Å². The Morgan fingerprint density at radius 3 is 1.77 bits per heavy atom. The molecule has 9 aromatic carbocycles. The number of anilines is 3. The number of benzene rings is 9. The van der Waals surface area contributed by atoms with E-state index >= 15 is 0 Å². The molecule has 0 saturated heterocycles. The number of hydrogen-bond donors (Lipinski definition) is 0. The molecular weight excluding hydrogens is 687 g/mol. The van der Waals surface area contributed by atoms with Gasteiger partial charge in [0.1, 0.15) is 0 Å². The quantitative estimate of drug-likeness (QED) is 0.159. The number of nitrogens with zero attached hydrogens (tertiary/aromatic N) is 1. The standard InChI is InChI=1S/C56H43N/c1-55(2)52-32-30-45(35-53(52)56(3)33-11-10-18-54(55)56)57(43-26-21-38(22-27-43)42-20-19-37-12-4-5-14-41(37)34-42)44-28-23-40(24-29-44)50-36-51-46-15-7-6-13-39(46)25-31-49(51)47-16-8-9-17-48(47)50/h4-36,54H,1-3H3. The molecule has 1 heteroatoms. The van der Waals surface area contributed by atoms with Gasteiger partial charge < -0.3 is 4.90 Å². The lowest BCUT2D eigenvalue weighted by atomic mass is 9.67. The van der Waals surface area contributed by atoms with Crippen molar-refractivity contribution in [2.45, 2.75) is 31.6 Å². The first-order chi connectivity index (χ1) is 27.9. The van der Waals surface area contributed by atoms with Crippen LogP contribution in [0.2, 0.25) is 0 Å². The van der Waals surface area contributed by atoms with Gasteiger partial charge in [0.15, 0.2) is 0 Å². The van der Waals surface area contributed by atoms with E-state index in [0.29, 0.717) is 5.92 Å². The molecule has 0 aliphatic heterocycles. The summed E-state index contributed by atoms with van der Waals surface area (Å²) in [7, 11) is 0. The van der Waals surface area contributed by atoms with E-state index < -0.39 is 0 Å². The maximum absolute atomic E-state index is 2.47. The molecular formula is C56H43N. The summed E-state index contributed by atoms with van der Waals surface area (Å²) < 4.78 is 0. The minimum Gasteiger partial charge on any atom is -0.310 e. The summed E-state index contributed by atoms with van der Waals surface area (Å²) in [6.45, 7) is 7.24. The van der Waals surface area contributed by atoms with Crippen LogP contribution >= 0.6 is 0 Å². The highest BCUT2D eigenvalue weighted by Gasteiger charge is 2.51. The first kappa shape index (κ1) is 33.6. The molecule has 0 amide bonds. The fourth-order valence-electron chi connectivity index (χ4n) is 10.3. The Bertz CT molecular complexity index is 3110. The van der Waals surface area contributed by atoms with E-state index in [9.17, 15) is 0 Å². The summed E-state index contributed by atoms with van der Waals surface area (Å²) >= 11 is 0. The van der Waals surface area contributed by atoms with Crippen LogP contribution in [0.15, 0.2) is 200 Å². The van der Waals surface area contributed by atoms with Crippen LogP contribution in [-0.2, 0) is 10.8 Å². The van der Waals surface area contributed by atoms with Crippen molar-refractivity contribution in [2.24, 2.45) is 5.92 Å². The molecule has 0 N–H and O–H groups in total. The summed E-state index contributed by atoms with van der Waals surface area (Å²) in [6, 6.07) is 65.4. The van der Waals surface area contributed by atoms with Gasteiger partial charge >= 0.3 is 0 Å². The van der Waals surface area contributed by atoms with E-state index in [-0.39, 0.29) is 10.8 Å². The van der Waals surface area contributed by atoms with Crippen LogP contribution in [0.25, 0.3) is 65.3 Å². The van der Waals surface area contributed by atoms with E-state index in [4.69, 9.17) is 0 Å². The third-order valence-electron chi connectivity index (χ3n) is 13.2. The number of rotatable bonds is 5. The van der Waals surface area contributed by atoms with Gasteiger partial charge in [0.2, 0.25) is 0 Å². The van der Waals surface area contributed by atoms with E-state index in [1.54, 1.807) is 0 Å². The molecule has 2 unspecified atom stereocenters. The summed E-state index contributed by atoms with van der Waals surface area (Å²) in [5.41, 5.74) is 11.1. The molecule has 9 aromatic rings. The average Bonchev–Trinajstić information content (AvgIpc) is 3.44. The minimum absolute atomic E-state index is 0.0335. The van der Waals surface area contributed by atoms with Gasteiger partial charge in [-0.05, 0) is 136 Å². The smallest absolute Gasteiger partial charge is 0.0464 e. The van der Waals surface area contributed by atoms with E-state index in [0.717, 1.165) is 11.4 Å². The zero-order valence-electron chi connectivity index (χ0n) is 32.6. The van der Waals surface area contributed by atoms with Crippen molar-refractivity contribution >= 4 is 60.2 Å². The minimum atomic E-state index is -0.0691. The van der Waals surface area contributed by atoms with Gasteiger partial charge in [0, 0.05) is 22.5 Å². The van der Waals surface area contributed by atoms with Crippen molar-refractivity contribution in [2.75, 3.05) is 4.90 Å². The van der Waals surface area contributed by atoms with Crippen molar-refractivity contribution in [1.82, 2.24) is 0 Å². The molecule has 0 heterocycles. The number of allylic oxidation sites excluding steroid dienone is 4. The second kappa shape index (κ2) is 12.7. The van der Waals surface area contributed by atoms with Gasteiger partial charge in [0.25, 0.3) is 0 Å². The number of hydrogen-bond acceptors (Lipinski definition) is 1. The molecule has 0 spiro atoms. The average molecular weight is 730 g/mol. The molecule has 2 atom stereocenters. The molecule has 2 aliphatic carbocycles. The monoisotopic (exact) mass is 729 g/mol. The second-order valence-electron chi connectivity index (χ2n) is 16.8. The van der Waals surface area contributed by atoms with Crippen LogP contribution in [-0.4, -0.2) is 0 Å². The van der Waals surface area contributed by atoms with Gasteiger partial charge in [-0.2, -0.15) is 0 Å². The van der Waals surface area contributed by atoms with Gasteiger partial charge in [0.05, 0.1) is 0 Å². The second-order valence-corrected chi connectivity index (χ2v) is 16.8. The first-order valence-electron chi connectivity index (χ1n) is 20.2. The van der Waals surface area contributed by atoms with E-state index in [1.807, 2.05) is 0 Å². The Labute approximate surface area is 334 Å². The highest BCUT2D eigenvalue weighted by Crippen LogP contribution is 2.57. The zero-order chi connectivity index (χ0) is 38.3. The molecule has 272 valence electrons. The van der Waals surface area contributed by atoms with Crippen LogP contribution < -0.4 is 4.90 Å². The van der Waals surface area contributed by atoms with E-state index in [2.05, 4.69) is 226 Å². The summed E-state index contributed by atoms with van der Waals surface area (Å²) in [5, 5.41) is 10.2. The SMILES string of the molecule is CC1(C)c2ccc(N(c3ccc(-c4ccc5ccccc5c4)cc3)c3ccc(-c4cc5c6ccccc6ccc5c5ccccc45)cc3)cc2C2(C)C=CC=CC12. The third kappa shape index (κ3) is 5.22. The Morgan fingerprint density at radius 1 is 0.404 bits per heavy atom. The first-order valence-corrected chi connectivity index (χ1v) is 20.2. The summed E-state index contributed by atoms with van der Waals surface area (Å²) in [6.07, 6.45) is 9.30. The van der Waals surface area contributed by atoms with Crippen LogP contribution in [0, 0.1) is 5.92 Å². The van der Waals surface area contributed by atoms with Crippen molar-refractivity contribution in [3.63, 3.8) is 0 Å². The molecule has 1 nitrogen and oxygen atoms in total. The van der Waals surface area contributed by atoms with Crippen molar-refractivity contribution in [3.8, 4) is 22.3 Å². The topological polar surface area (TPSA) is 3.24 Å². The largest absolute Gasteiger partial charge is 0.310 e. The van der Waals surface area contributed by atoms with Crippen LogP contribution in [0.1, 0.15) is 31.9 Å². The Hall–Kier alpha value is -6.70. The fraction of sp³-hybridized carbons (Fsp3) is 0.107. The lowest BCUT2D eigenvalue weighted by molar-refractivity contribution is 0.324. The Kier molecular flexibility index (Phi) is 7.47. The van der Waals surface area contributed by atoms with Crippen molar-refractivity contribution < 1.29 is 0 Å². The number of fused-ring (bicyclic) bond motifs is 9. The third-order valence-corrected chi connectivity index (χ3v) is 13.2. The molecule has 2 aliphatic rings. The van der Waals surface area contributed by atoms with Crippen molar-refractivity contribution in [3.05, 3.63) is 211 Å².